The van der Waals surface area contributed by atoms with E-state index in [1.165, 1.54) is 0 Å². The second kappa shape index (κ2) is 11.8. The van der Waals surface area contributed by atoms with Crippen molar-refractivity contribution in [3.05, 3.63) is 0 Å². The number of rotatable bonds is 6. The van der Waals surface area contributed by atoms with Crippen LogP contribution in [0.25, 0.3) is 0 Å². The van der Waals surface area contributed by atoms with Crippen LogP contribution in [0.1, 0.15) is 6.92 Å². The minimum Gasteiger partial charge on any atom is -0.330 e. The maximum atomic E-state index is 10.9. The summed E-state index contributed by atoms with van der Waals surface area (Å²) in [7, 11) is -3.12. The fraction of sp³-hybridized carbons (Fsp3) is 0.636. The summed E-state index contributed by atoms with van der Waals surface area (Å²) in [5.41, 5.74) is 10.3. The Morgan fingerprint density at radius 1 is 1.29 bits per heavy atom. The van der Waals surface area contributed by atoms with Crippen LogP contribution in [0, 0.1) is 24.7 Å². The number of thioether (sulfide) groups is 1. The summed E-state index contributed by atoms with van der Waals surface area (Å²) in [6.45, 7) is 2.41. The van der Waals surface area contributed by atoms with Crippen molar-refractivity contribution in [2.75, 3.05) is 30.3 Å². The zero-order chi connectivity index (χ0) is 13.7. The first kappa shape index (κ1) is 18.7. The molecule has 0 bridgehead atoms. The highest BCUT2D eigenvalue weighted by Crippen LogP contribution is 1.98. The summed E-state index contributed by atoms with van der Waals surface area (Å²) in [4.78, 5) is 0. The van der Waals surface area contributed by atoms with Gasteiger partial charge in [-0.05, 0) is 6.92 Å². The lowest BCUT2D eigenvalue weighted by Crippen LogP contribution is -2.28. The van der Waals surface area contributed by atoms with E-state index in [-0.39, 0.29) is 12.3 Å². The Bertz CT molecular complexity index is 353. The zero-order valence-electron chi connectivity index (χ0n) is 10.1. The van der Waals surface area contributed by atoms with Gasteiger partial charge in [0, 0.05) is 18.8 Å². The highest BCUT2D eigenvalue weighted by molar-refractivity contribution is 7.99. The molecule has 0 heterocycles. The van der Waals surface area contributed by atoms with Crippen molar-refractivity contribution in [1.29, 1.82) is 0 Å². The van der Waals surface area contributed by atoms with E-state index in [2.05, 4.69) is 11.8 Å². The molecule has 0 fully saturated rings. The van der Waals surface area contributed by atoms with Gasteiger partial charge in [0.1, 0.15) is 5.75 Å². The Kier molecular flexibility index (Phi) is 13.0. The number of hydrogen-bond donors (Lipinski definition) is 2. The predicted molar refractivity (Wildman–Crippen MR) is 76.3 cm³/mol. The SMILES string of the molecule is C#CCS(=O)(=O)C(C)CN.C#CCSCCN. The quantitative estimate of drug-likeness (QED) is 0.513. The molecule has 0 aromatic heterocycles. The second-order valence-electron chi connectivity index (χ2n) is 3.10. The topological polar surface area (TPSA) is 86.2 Å². The number of nitrogens with two attached hydrogens (primary N) is 2. The molecule has 0 saturated carbocycles. The molecule has 0 aromatic carbocycles. The van der Waals surface area contributed by atoms with E-state index in [9.17, 15) is 8.42 Å². The normalized spacial score (nSPS) is 11.6. The van der Waals surface area contributed by atoms with E-state index in [0.717, 1.165) is 18.1 Å². The Balaban J connectivity index is 0. The van der Waals surface area contributed by atoms with Gasteiger partial charge >= 0.3 is 0 Å². The van der Waals surface area contributed by atoms with E-state index in [4.69, 9.17) is 24.3 Å². The van der Waals surface area contributed by atoms with Crippen LogP contribution in [-0.4, -0.2) is 44.0 Å². The van der Waals surface area contributed by atoms with Crippen LogP contribution in [0.3, 0.4) is 0 Å². The average molecular weight is 276 g/mol. The van der Waals surface area contributed by atoms with E-state index in [1.54, 1.807) is 18.7 Å². The Morgan fingerprint density at radius 2 is 1.88 bits per heavy atom. The van der Waals surface area contributed by atoms with Crippen molar-refractivity contribution in [2.24, 2.45) is 11.5 Å². The zero-order valence-corrected chi connectivity index (χ0v) is 11.7. The fourth-order valence-electron chi connectivity index (χ4n) is 0.619. The molecule has 0 aliphatic heterocycles. The molecule has 17 heavy (non-hydrogen) atoms. The van der Waals surface area contributed by atoms with Gasteiger partial charge in [-0.2, -0.15) is 0 Å². The molecule has 0 radical (unpaired) electrons. The van der Waals surface area contributed by atoms with Gasteiger partial charge < -0.3 is 11.5 Å². The maximum Gasteiger partial charge on any atom is 0.165 e. The van der Waals surface area contributed by atoms with E-state index >= 15 is 0 Å². The van der Waals surface area contributed by atoms with Crippen LogP contribution in [0.5, 0.6) is 0 Å². The van der Waals surface area contributed by atoms with Crippen molar-refractivity contribution < 1.29 is 8.42 Å². The minimum atomic E-state index is -3.12. The van der Waals surface area contributed by atoms with Crippen LogP contribution in [0.15, 0.2) is 0 Å². The molecule has 0 rings (SSSR count). The van der Waals surface area contributed by atoms with E-state index < -0.39 is 15.1 Å². The molecule has 0 aromatic rings. The lowest BCUT2D eigenvalue weighted by molar-refractivity contribution is 0.587. The molecular weight excluding hydrogens is 256 g/mol. The summed E-state index contributed by atoms with van der Waals surface area (Å²) >= 11 is 1.69. The first-order valence-corrected chi connectivity index (χ1v) is 7.89. The van der Waals surface area contributed by atoms with Crippen molar-refractivity contribution in [3.63, 3.8) is 0 Å². The van der Waals surface area contributed by atoms with Crippen LogP contribution < -0.4 is 11.5 Å². The van der Waals surface area contributed by atoms with Crippen LogP contribution in [0.4, 0.5) is 0 Å². The highest BCUT2D eigenvalue weighted by Gasteiger charge is 2.16. The summed E-state index contributed by atoms with van der Waals surface area (Å²) in [6, 6.07) is 0. The molecule has 6 heteroatoms. The molecule has 0 aliphatic carbocycles. The van der Waals surface area contributed by atoms with E-state index in [0.29, 0.717) is 0 Å². The van der Waals surface area contributed by atoms with Crippen LogP contribution >= 0.6 is 11.8 Å². The van der Waals surface area contributed by atoms with Crippen LogP contribution in [0.2, 0.25) is 0 Å². The van der Waals surface area contributed by atoms with Crippen molar-refractivity contribution >= 4 is 21.6 Å². The molecule has 98 valence electrons. The van der Waals surface area contributed by atoms with Gasteiger partial charge in [0.15, 0.2) is 9.84 Å². The summed E-state index contributed by atoms with van der Waals surface area (Å²) in [5.74, 6) is 6.14. The van der Waals surface area contributed by atoms with Crippen molar-refractivity contribution in [1.82, 2.24) is 0 Å². The van der Waals surface area contributed by atoms with Gasteiger partial charge in [-0.3, -0.25) is 0 Å². The van der Waals surface area contributed by atoms with Gasteiger partial charge in [-0.1, -0.05) is 11.8 Å². The highest BCUT2D eigenvalue weighted by atomic mass is 32.2. The largest absolute Gasteiger partial charge is 0.330 e. The maximum absolute atomic E-state index is 10.9. The van der Waals surface area contributed by atoms with Gasteiger partial charge in [0.25, 0.3) is 0 Å². The average Bonchev–Trinajstić information content (AvgIpc) is 2.29. The molecule has 1 atom stereocenters. The lowest BCUT2D eigenvalue weighted by atomic mass is 10.5. The summed E-state index contributed by atoms with van der Waals surface area (Å²) in [6.07, 6.45) is 9.79. The molecule has 4 N–H and O–H groups in total. The monoisotopic (exact) mass is 276 g/mol. The van der Waals surface area contributed by atoms with E-state index in [1.807, 2.05) is 0 Å². The number of terminal acetylenes is 2. The van der Waals surface area contributed by atoms with Crippen molar-refractivity contribution in [2.45, 2.75) is 12.2 Å². The Morgan fingerprint density at radius 3 is 2.24 bits per heavy atom. The third kappa shape index (κ3) is 11.6. The third-order valence-electron chi connectivity index (χ3n) is 1.68. The fourth-order valence-corrected chi connectivity index (χ4v) is 1.86. The molecule has 4 nitrogen and oxygen atoms in total. The third-order valence-corrected chi connectivity index (χ3v) is 4.56. The summed E-state index contributed by atoms with van der Waals surface area (Å²) < 4.78 is 21.9. The van der Waals surface area contributed by atoms with Gasteiger partial charge in [-0.25, -0.2) is 8.42 Å². The first-order valence-electron chi connectivity index (χ1n) is 5.02. The molecule has 0 amide bonds. The van der Waals surface area contributed by atoms with Crippen molar-refractivity contribution in [3.8, 4) is 24.7 Å². The van der Waals surface area contributed by atoms with Gasteiger partial charge in [0.2, 0.25) is 0 Å². The first-order chi connectivity index (χ1) is 7.96. The molecule has 1 unspecified atom stereocenters. The predicted octanol–water partition coefficient (Wildman–Crippen LogP) is -0.307. The molecule has 0 spiro atoms. The van der Waals surface area contributed by atoms with Gasteiger partial charge in [-0.15, -0.1) is 24.6 Å². The van der Waals surface area contributed by atoms with Gasteiger partial charge in [0.05, 0.1) is 11.0 Å². The Labute approximate surface area is 109 Å². The lowest BCUT2D eigenvalue weighted by Gasteiger charge is -2.05. The minimum absolute atomic E-state index is 0.129. The molecule has 0 aliphatic rings. The number of hydrogen-bond acceptors (Lipinski definition) is 5. The Hall–Kier alpha value is -0.660. The standard InChI is InChI=1S/C6H11NO2S.C5H9NS/c1-3-4-10(8,9)6(2)5-7;1-2-4-7-5-3-6/h1,6H,4-5,7H2,2H3;1H,3-6H2. The smallest absolute Gasteiger partial charge is 0.165 e. The molecular formula is C11H20N2O2S2. The summed E-state index contributed by atoms with van der Waals surface area (Å²) in [5, 5.41) is -0.524. The van der Waals surface area contributed by atoms with Crippen LogP contribution in [-0.2, 0) is 9.84 Å². The number of sulfone groups is 1. The second-order valence-corrected chi connectivity index (χ2v) is 6.63. The molecule has 0 saturated heterocycles.